The Hall–Kier alpha value is -1.62. The van der Waals surface area contributed by atoms with Crippen molar-refractivity contribution in [2.45, 2.75) is 20.8 Å². The average molecular weight is 336 g/mol. The molecule has 0 bridgehead atoms. The van der Waals surface area contributed by atoms with Gasteiger partial charge in [0.1, 0.15) is 11.6 Å². The maximum Gasteiger partial charge on any atom is 0.161 e. The zero-order valence-corrected chi connectivity index (χ0v) is 13.5. The molecule has 0 aliphatic heterocycles. The predicted molar refractivity (Wildman–Crippen MR) is 85.2 cm³/mol. The molecular weight excluding hydrogens is 318 g/mol. The summed E-state index contributed by atoms with van der Waals surface area (Å²) in [6, 6.07) is 7.83. The van der Waals surface area contributed by atoms with Gasteiger partial charge in [0.2, 0.25) is 0 Å². The molecule has 5 heteroatoms. The summed E-state index contributed by atoms with van der Waals surface area (Å²) in [6.45, 7) is 7.43. The Morgan fingerprint density at radius 3 is 2.75 bits per heavy atom. The van der Waals surface area contributed by atoms with Crippen LogP contribution in [-0.4, -0.2) is 23.1 Å². The van der Waals surface area contributed by atoms with Crippen molar-refractivity contribution >= 4 is 21.7 Å². The van der Waals surface area contributed by atoms with E-state index >= 15 is 0 Å². The van der Waals surface area contributed by atoms with Crippen LogP contribution in [0.25, 0.3) is 11.4 Å². The molecule has 0 aliphatic carbocycles. The lowest BCUT2D eigenvalue weighted by Gasteiger charge is -2.11. The van der Waals surface area contributed by atoms with Gasteiger partial charge in [-0.2, -0.15) is 0 Å². The van der Waals surface area contributed by atoms with Crippen LogP contribution in [0, 0.1) is 6.92 Å². The van der Waals surface area contributed by atoms with Crippen LogP contribution >= 0.6 is 15.9 Å². The largest absolute Gasteiger partial charge is 0.494 e. The summed E-state index contributed by atoms with van der Waals surface area (Å²) in [7, 11) is 0. The number of rotatable bonds is 5. The third kappa shape index (κ3) is 3.28. The van der Waals surface area contributed by atoms with Gasteiger partial charge in [0.05, 0.1) is 16.8 Å². The van der Waals surface area contributed by atoms with Crippen LogP contribution < -0.4 is 10.1 Å². The van der Waals surface area contributed by atoms with E-state index in [1.54, 1.807) is 0 Å². The van der Waals surface area contributed by atoms with Gasteiger partial charge in [-0.15, -0.1) is 0 Å². The highest BCUT2D eigenvalue weighted by molar-refractivity contribution is 9.10. The summed E-state index contributed by atoms with van der Waals surface area (Å²) in [6.07, 6.45) is 0. The van der Waals surface area contributed by atoms with E-state index in [9.17, 15) is 0 Å². The highest BCUT2D eigenvalue weighted by Gasteiger charge is 2.10. The molecule has 0 aliphatic rings. The normalized spacial score (nSPS) is 10.4. The lowest BCUT2D eigenvalue weighted by Crippen LogP contribution is -2.04. The van der Waals surface area contributed by atoms with Gasteiger partial charge in [0, 0.05) is 12.1 Å². The van der Waals surface area contributed by atoms with E-state index in [1.807, 2.05) is 45.0 Å². The molecule has 0 saturated heterocycles. The van der Waals surface area contributed by atoms with Gasteiger partial charge in [-0.05, 0) is 48.8 Å². The van der Waals surface area contributed by atoms with Crippen LogP contribution in [-0.2, 0) is 0 Å². The van der Waals surface area contributed by atoms with E-state index in [0.717, 1.165) is 33.8 Å². The van der Waals surface area contributed by atoms with Gasteiger partial charge in [-0.25, -0.2) is 9.97 Å². The van der Waals surface area contributed by atoms with Crippen molar-refractivity contribution in [2.24, 2.45) is 0 Å². The molecule has 1 N–H and O–H groups in total. The minimum Gasteiger partial charge on any atom is -0.494 e. The first-order chi connectivity index (χ1) is 9.65. The van der Waals surface area contributed by atoms with Gasteiger partial charge in [0.15, 0.2) is 5.82 Å². The number of nitrogens with zero attached hydrogens (tertiary/aromatic N) is 2. The highest BCUT2D eigenvalue weighted by atomic mass is 79.9. The summed E-state index contributed by atoms with van der Waals surface area (Å²) in [4.78, 5) is 9.10. The average Bonchev–Trinajstić information content (AvgIpc) is 2.44. The molecule has 0 atom stereocenters. The quantitative estimate of drug-likeness (QED) is 0.895. The summed E-state index contributed by atoms with van der Waals surface area (Å²) in [5, 5.41) is 3.24. The molecule has 0 unspecified atom stereocenters. The van der Waals surface area contributed by atoms with E-state index < -0.39 is 0 Å². The highest BCUT2D eigenvalue weighted by Crippen LogP contribution is 2.28. The van der Waals surface area contributed by atoms with Crippen LogP contribution in [0.5, 0.6) is 5.75 Å². The Kier molecular flexibility index (Phi) is 4.95. The molecule has 0 fully saturated rings. The first-order valence-electron chi connectivity index (χ1n) is 6.67. The maximum atomic E-state index is 5.52. The minimum absolute atomic E-state index is 0.645. The molecule has 106 valence electrons. The zero-order valence-electron chi connectivity index (χ0n) is 11.9. The Morgan fingerprint density at radius 1 is 1.25 bits per heavy atom. The number of ether oxygens (including phenoxy) is 1. The fraction of sp³-hybridized carbons (Fsp3) is 0.333. The second kappa shape index (κ2) is 6.70. The maximum absolute atomic E-state index is 5.52. The minimum atomic E-state index is 0.645. The Labute approximate surface area is 127 Å². The summed E-state index contributed by atoms with van der Waals surface area (Å²) in [5.41, 5.74) is 1.86. The number of hydrogen-bond acceptors (Lipinski definition) is 4. The molecule has 0 saturated carbocycles. The monoisotopic (exact) mass is 335 g/mol. The lowest BCUT2D eigenvalue weighted by atomic mass is 10.2. The van der Waals surface area contributed by atoms with Gasteiger partial charge >= 0.3 is 0 Å². The fourth-order valence-electron chi connectivity index (χ4n) is 1.86. The second-order valence-electron chi connectivity index (χ2n) is 4.29. The molecule has 1 aromatic heterocycles. The molecule has 2 aromatic rings. The number of aromatic nitrogens is 2. The molecule has 1 heterocycles. The smallest absolute Gasteiger partial charge is 0.161 e. The summed E-state index contributed by atoms with van der Waals surface area (Å²) >= 11 is 3.52. The van der Waals surface area contributed by atoms with Gasteiger partial charge in [-0.3, -0.25) is 0 Å². The first-order valence-corrected chi connectivity index (χ1v) is 7.46. The molecule has 20 heavy (non-hydrogen) atoms. The van der Waals surface area contributed by atoms with Crippen molar-refractivity contribution in [1.29, 1.82) is 0 Å². The van der Waals surface area contributed by atoms with Crippen LogP contribution in [0.3, 0.4) is 0 Å². The number of aryl methyl sites for hydroxylation is 1. The van der Waals surface area contributed by atoms with Crippen molar-refractivity contribution < 1.29 is 4.74 Å². The third-order valence-corrected chi connectivity index (χ3v) is 3.71. The molecular formula is C15H18BrN3O. The SMILES string of the molecule is CCNc1nc(-c2cccc(OCC)c2)nc(C)c1Br. The standard InChI is InChI=1S/C15H18BrN3O/c1-4-17-15-13(16)10(3)18-14(19-15)11-7-6-8-12(9-11)20-5-2/h6-9H,4-5H2,1-3H3,(H,17,18,19). The van der Waals surface area contributed by atoms with E-state index in [4.69, 9.17) is 4.74 Å². The Bertz CT molecular complexity index is 602. The van der Waals surface area contributed by atoms with Crippen molar-refractivity contribution in [3.8, 4) is 17.1 Å². The van der Waals surface area contributed by atoms with Crippen molar-refractivity contribution in [3.63, 3.8) is 0 Å². The first kappa shape index (κ1) is 14.8. The van der Waals surface area contributed by atoms with Crippen LogP contribution in [0.1, 0.15) is 19.5 Å². The molecule has 2 rings (SSSR count). The third-order valence-electron chi connectivity index (χ3n) is 2.76. The van der Waals surface area contributed by atoms with E-state index in [2.05, 4.69) is 31.2 Å². The topological polar surface area (TPSA) is 47.0 Å². The van der Waals surface area contributed by atoms with Crippen LogP contribution in [0.15, 0.2) is 28.7 Å². The van der Waals surface area contributed by atoms with Crippen molar-refractivity contribution in [2.75, 3.05) is 18.5 Å². The summed E-state index contributed by atoms with van der Waals surface area (Å²) in [5.74, 6) is 2.35. The Balaban J connectivity index is 2.44. The number of benzene rings is 1. The van der Waals surface area contributed by atoms with Crippen molar-refractivity contribution in [1.82, 2.24) is 9.97 Å². The lowest BCUT2D eigenvalue weighted by molar-refractivity contribution is 0.340. The summed E-state index contributed by atoms with van der Waals surface area (Å²) < 4.78 is 6.43. The zero-order chi connectivity index (χ0) is 14.5. The van der Waals surface area contributed by atoms with Crippen LogP contribution in [0.2, 0.25) is 0 Å². The molecule has 4 nitrogen and oxygen atoms in total. The predicted octanol–water partition coefficient (Wildman–Crippen LogP) is 4.05. The van der Waals surface area contributed by atoms with Crippen molar-refractivity contribution in [3.05, 3.63) is 34.4 Å². The number of hydrogen-bond donors (Lipinski definition) is 1. The molecule has 0 spiro atoms. The number of halogens is 1. The van der Waals surface area contributed by atoms with E-state index in [-0.39, 0.29) is 0 Å². The second-order valence-corrected chi connectivity index (χ2v) is 5.08. The van der Waals surface area contributed by atoms with Gasteiger partial charge in [0.25, 0.3) is 0 Å². The molecule has 0 amide bonds. The molecule has 0 radical (unpaired) electrons. The number of nitrogens with one attached hydrogen (secondary N) is 1. The fourth-order valence-corrected chi connectivity index (χ4v) is 2.18. The van der Waals surface area contributed by atoms with Gasteiger partial charge < -0.3 is 10.1 Å². The van der Waals surface area contributed by atoms with E-state index in [0.29, 0.717) is 12.4 Å². The van der Waals surface area contributed by atoms with Crippen LogP contribution in [0.4, 0.5) is 5.82 Å². The number of anilines is 1. The van der Waals surface area contributed by atoms with E-state index in [1.165, 1.54) is 0 Å². The molecule has 1 aromatic carbocycles. The van der Waals surface area contributed by atoms with Gasteiger partial charge in [-0.1, -0.05) is 12.1 Å². The Morgan fingerprint density at radius 2 is 2.05 bits per heavy atom.